The average molecular weight is 197 g/mol. The highest BCUT2D eigenvalue weighted by Crippen LogP contribution is 2.38. The van der Waals surface area contributed by atoms with E-state index in [0.717, 1.165) is 26.7 Å². The zero-order valence-electron chi connectivity index (χ0n) is 9.53. The molecule has 1 aliphatic carbocycles. The Bertz CT molecular complexity index is 177. The second kappa shape index (κ2) is 4.67. The lowest BCUT2D eigenvalue weighted by Gasteiger charge is -2.35. The van der Waals surface area contributed by atoms with E-state index in [1.165, 1.54) is 6.42 Å². The lowest BCUT2D eigenvalue weighted by molar-refractivity contribution is 0.0829. The minimum Gasteiger partial charge on any atom is -0.454 e. The van der Waals surface area contributed by atoms with Crippen molar-refractivity contribution in [2.45, 2.75) is 58.4 Å². The van der Waals surface area contributed by atoms with Crippen molar-refractivity contribution >= 4 is 7.48 Å². The third-order valence-corrected chi connectivity index (χ3v) is 3.07. The molecule has 0 aliphatic heterocycles. The lowest BCUT2D eigenvalue weighted by atomic mass is 9.64. The highest BCUT2D eigenvalue weighted by Gasteiger charge is 2.31. The molecular formula is C11H22BO2. The summed E-state index contributed by atoms with van der Waals surface area (Å²) in [6.07, 6.45) is 3.75. The molecule has 0 aromatic heterocycles. The first-order valence-corrected chi connectivity index (χ1v) is 5.58. The zero-order chi connectivity index (χ0) is 10.8. The summed E-state index contributed by atoms with van der Waals surface area (Å²) in [6, 6.07) is 0. The van der Waals surface area contributed by atoms with Crippen LogP contribution < -0.4 is 0 Å². The van der Waals surface area contributed by atoms with E-state index >= 15 is 0 Å². The van der Waals surface area contributed by atoms with Crippen molar-refractivity contribution < 1.29 is 10.1 Å². The predicted molar refractivity (Wildman–Crippen MR) is 59.1 cm³/mol. The van der Waals surface area contributed by atoms with E-state index in [-0.39, 0.29) is 11.9 Å². The van der Waals surface area contributed by atoms with Crippen LogP contribution >= 0.6 is 0 Å². The van der Waals surface area contributed by atoms with Crippen LogP contribution in [0.25, 0.3) is 0 Å². The Kier molecular flexibility index (Phi) is 4.02. The molecule has 2 N–H and O–H groups in total. The second-order valence-electron chi connectivity index (χ2n) is 5.82. The Balaban J connectivity index is 2.39. The van der Waals surface area contributed by atoms with Gasteiger partial charge in [-0.3, -0.25) is 0 Å². The third kappa shape index (κ3) is 3.62. The summed E-state index contributed by atoms with van der Waals surface area (Å²) >= 11 is 0. The fraction of sp³-hybridized carbons (Fsp3) is 1.00. The van der Waals surface area contributed by atoms with Gasteiger partial charge in [0.15, 0.2) is 0 Å². The molecule has 1 radical (unpaired) electrons. The van der Waals surface area contributed by atoms with Crippen LogP contribution in [0.1, 0.15) is 46.5 Å². The molecular weight excluding hydrogens is 175 g/mol. The molecule has 0 saturated heterocycles. The van der Waals surface area contributed by atoms with Crippen molar-refractivity contribution in [3.05, 3.63) is 0 Å². The van der Waals surface area contributed by atoms with Gasteiger partial charge in [-0.1, -0.05) is 33.6 Å². The molecule has 1 fully saturated rings. The molecule has 0 bridgehead atoms. The van der Waals surface area contributed by atoms with Gasteiger partial charge >= 0.3 is 0 Å². The maximum absolute atomic E-state index is 9.74. The van der Waals surface area contributed by atoms with Crippen LogP contribution in [0.4, 0.5) is 0 Å². The monoisotopic (exact) mass is 197 g/mol. The number of aliphatic hydroxyl groups is 1. The Morgan fingerprint density at radius 1 is 1.29 bits per heavy atom. The van der Waals surface area contributed by atoms with Crippen LogP contribution in [-0.2, 0) is 0 Å². The summed E-state index contributed by atoms with van der Waals surface area (Å²) in [5.41, 5.74) is 0.347. The van der Waals surface area contributed by atoms with Gasteiger partial charge in [0.05, 0.1) is 6.10 Å². The van der Waals surface area contributed by atoms with E-state index in [0.29, 0.717) is 11.3 Å². The van der Waals surface area contributed by atoms with Gasteiger partial charge in [0.25, 0.3) is 7.48 Å². The molecule has 14 heavy (non-hydrogen) atoms. The Hall–Kier alpha value is -0.0151. The van der Waals surface area contributed by atoms with E-state index in [1.807, 2.05) is 0 Å². The first kappa shape index (κ1) is 12.1. The number of rotatable bonds is 2. The summed E-state index contributed by atoms with van der Waals surface area (Å²) in [4.78, 5) is 0. The molecule has 3 heteroatoms. The molecule has 81 valence electrons. The van der Waals surface area contributed by atoms with Crippen molar-refractivity contribution in [1.29, 1.82) is 0 Å². The second-order valence-corrected chi connectivity index (χ2v) is 5.82. The Labute approximate surface area is 88.0 Å². The first-order chi connectivity index (χ1) is 6.42. The van der Waals surface area contributed by atoms with E-state index < -0.39 is 0 Å². The van der Waals surface area contributed by atoms with Crippen LogP contribution in [-0.4, -0.2) is 23.7 Å². The molecule has 0 heterocycles. The van der Waals surface area contributed by atoms with Gasteiger partial charge in [0, 0.05) is 0 Å². The smallest absolute Gasteiger partial charge is 0.293 e. The molecule has 1 aliphatic rings. The summed E-state index contributed by atoms with van der Waals surface area (Å²) in [6.45, 7) is 6.72. The van der Waals surface area contributed by atoms with E-state index in [2.05, 4.69) is 20.8 Å². The molecule has 2 unspecified atom stereocenters. The molecule has 0 aromatic rings. The van der Waals surface area contributed by atoms with Crippen molar-refractivity contribution in [3.8, 4) is 0 Å². The summed E-state index contributed by atoms with van der Waals surface area (Å²) in [7, 11) is 1.16. The fourth-order valence-electron chi connectivity index (χ4n) is 2.48. The zero-order valence-corrected chi connectivity index (χ0v) is 9.53. The molecule has 3 atom stereocenters. The third-order valence-electron chi connectivity index (χ3n) is 3.07. The molecule has 2 nitrogen and oxygen atoms in total. The van der Waals surface area contributed by atoms with E-state index in [4.69, 9.17) is 5.02 Å². The fourth-order valence-corrected chi connectivity index (χ4v) is 2.48. The van der Waals surface area contributed by atoms with Crippen molar-refractivity contribution in [1.82, 2.24) is 0 Å². The van der Waals surface area contributed by atoms with Crippen LogP contribution in [0, 0.1) is 11.3 Å². The minimum absolute atomic E-state index is 0.00576. The molecule has 1 rings (SSSR count). The molecule has 0 aromatic carbocycles. The van der Waals surface area contributed by atoms with Crippen LogP contribution in [0.5, 0.6) is 0 Å². The van der Waals surface area contributed by atoms with Crippen LogP contribution in [0.15, 0.2) is 0 Å². The van der Waals surface area contributed by atoms with Crippen molar-refractivity contribution in [2.75, 3.05) is 0 Å². The summed E-state index contributed by atoms with van der Waals surface area (Å²) in [5, 5.41) is 18.6. The van der Waals surface area contributed by atoms with Gasteiger partial charge in [-0.25, -0.2) is 0 Å². The number of hydrogen-bond donors (Lipinski definition) is 2. The maximum Gasteiger partial charge on any atom is 0.293 e. The topological polar surface area (TPSA) is 40.5 Å². The quantitative estimate of drug-likeness (QED) is 0.664. The van der Waals surface area contributed by atoms with Crippen LogP contribution in [0.2, 0.25) is 5.82 Å². The highest BCUT2D eigenvalue weighted by molar-refractivity contribution is 6.28. The number of aliphatic hydroxyl groups excluding tert-OH is 1. The van der Waals surface area contributed by atoms with Gasteiger partial charge in [-0.15, -0.1) is 0 Å². The van der Waals surface area contributed by atoms with Gasteiger partial charge in [-0.05, 0) is 30.0 Å². The SMILES string of the molecule is CC(C)(C)CC1CC[C@@H]([B]O)C(O)C1. The molecule has 0 spiro atoms. The van der Waals surface area contributed by atoms with Gasteiger partial charge in [-0.2, -0.15) is 0 Å². The van der Waals surface area contributed by atoms with Crippen molar-refractivity contribution in [3.63, 3.8) is 0 Å². The van der Waals surface area contributed by atoms with Gasteiger partial charge in [0.2, 0.25) is 0 Å². The summed E-state index contributed by atoms with van der Waals surface area (Å²) in [5.74, 6) is 0.632. The minimum atomic E-state index is -0.332. The Morgan fingerprint density at radius 3 is 2.36 bits per heavy atom. The standard InChI is InChI=1S/C11H22BO2/c1-11(2,3)7-8-4-5-9(12-14)10(13)6-8/h8-10,13-14H,4-7H2,1-3H3/t8?,9-,10?/m1/s1. The van der Waals surface area contributed by atoms with Gasteiger partial charge in [0.1, 0.15) is 0 Å². The Morgan fingerprint density at radius 2 is 1.93 bits per heavy atom. The van der Waals surface area contributed by atoms with Crippen molar-refractivity contribution in [2.24, 2.45) is 11.3 Å². The number of hydrogen-bond acceptors (Lipinski definition) is 2. The summed E-state index contributed by atoms with van der Waals surface area (Å²) < 4.78 is 0. The average Bonchev–Trinajstić information content (AvgIpc) is 2.01. The molecule has 0 amide bonds. The maximum atomic E-state index is 9.74. The predicted octanol–water partition coefficient (Wildman–Crippen LogP) is 1.98. The van der Waals surface area contributed by atoms with E-state index in [9.17, 15) is 5.11 Å². The first-order valence-electron chi connectivity index (χ1n) is 5.58. The molecule has 1 saturated carbocycles. The highest BCUT2D eigenvalue weighted by atomic mass is 16.3. The normalized spacial score (nSPS) is 34.2. The van der Waals surface area contributed by atoms with Crippen LogP contribution in [0.3, 0.4) is 0 Å². The largest absolute Gasteiger partial charge is 0.454 e. The van der Waals surface area contributed by atoms with E-state index in [1.54, 1.807) is 0 Å². The van der Waals surface area contributed by atoms with Gasteiger partial charge < -0.3 is 10.1 Å². The lowest BCUT2D eigenvalue weighted by Crippen LogP contribution is -2.30.